The molecule has 0 unspecified atom stereocenters. The van der Waals surface area contributed by atoms with Crippen molar-refractivity contribution in [2.45, 2.75) is 12.8 Å². The van der Waals surface area contributed by atoms with Crippen LogP contribution in [0.2, 0.25) is 0 Å². The number of rotatable bonds is 8. The number of nitro groups is 2. The summed E-state index contributed by atoms with van der Waals surface area (Å²) in [6, 6.07) is 17.9. The number of nitro benzene ring substituents is 2. The lowest BCUT2D eigenvalue weighted by atomic mass is 10.1. The minimum absolute atomic E-state index is 0.0435. The first-order chi connectivity index (χ1) is 16.7. The van der Waals surface area contributed by atoms with Crippen LogP contribution in [0.15, 0.2) is 72.8 Å². The first-order valence-electron chi connectivity index (χ1n) is 9.87. The third-order valence-electron chi connectivity index (χ3n) is 4.30. The summed E-state index contributed by atoms with van der Waals surface area (Å²) in [4.78, 5) is 41.7. The van der Waals surface area contributed by atoms with Gasteiger partial charge in [-0.15, -0.1) is 0 Å². The number of nitrogens with zero attached hydrogens (tertiary/aromatic N) is 2. The van der Waals surface area contributed by atoms with Gasteiger partial charge in [-0.2, -0.15) is 0 Å². The van der Waals surface area contributed by atoms with Gasteiger partial charge in [0, 0.05) is 42.3 Å². The number of ether oxygens (including phenoxy) is 3. The molecule has 0 aliphatic heterocycles. The second kappa shape index (κ2) is 13.3. The molecule has 0 spiro atoms. The fraction of sp³-hybridized carbons (Fsp3) is 0.130. The molecule has 182 valence electrons. The summed E-state index contributed by atoms with van der Waals surface area (Å²) in [6.07, 6.45) is 0.777. The number of esters is 1. The molecule has 3 rings (SSSR count). The van der Waals surface area contributed by atoms with E-state index >= 15 is 0 Å². The molecule has 0 atom stereocenters. The van der Waals surface area contributed by atoms with Gasteiger partial charge in [0.25, 0.3) is 11.4 Å². The second-order valence-electron chi connectivity index (χ2n) is 6.66. The first kappa shape index (κ1) is 26.7. The molecule has 0 heterocycles. The largest absolute Gasteiger partial charge is 0.497 e. The Hall–Kier alpha value is -4.51. The van der Waals surface area contributed by atoms with Gasteiger partial charge in [0.15, 0.2) is 0 Å². The zero-order valence-corrected chi connectivity index (χ0v) is 19.0. The fourth-order valence-electron chi connectivity index (χ4n) is 2.59. The summed E-state index contributed by atoms with van der Waals surface area (Å²) in [5.74, 6) is 0.845. The average molecular weight is 503 g/mol. The molecule has 12 heteroatoms. The minimum atomic E-state index is -0.978. The third kappa shape index (κ3) is 9.48. The number of hydrogen-bond donors (Lipinski definition) is 0. The molecule has 0 bridgehead atoms. The Labute approximate surface area is 204 Å². The van der Waals surface area contributed by atoms with Gasteiger partial charge >= 0.3 is 11.4 Å². The number of methoxy groups -OCH3 is 1. The SMILES string of the molecule is COc1ccc(CCC(=O)Oc2ccc([N+](=O)[O-])cc2)cc1.O=C(Cl)Oc1ccc([N+](=O)[O-])cc1. The van der Waals surface area contributed by atoms with E-state index < -0.39 is 15.3 Å². The first-order valence-corrected chi connectivity index (χ1v) is 10.3. The molecule has 0 N–H and O–H groups in total. The lowest BCUT2D eigenvalue weighted by Gasteiger charge is -2.05. The van der Waals surface area contributed by atoms with Crippen molar-refractivity contribution in [3.8, 4) is 17.2 Å². The van der Waals surface area contributed by atoms with Crippen LogP contribution in [-0.4, -0.2) is 28.4 Å². The van der Waals surface area contributed by atoms with Crippen LogP contribution in [0.25, 0.3) is 0 Å². The van der Waals surface area contributed by atoms with Gasteiger partial charge in [0.2, 0.25) is 0 Å². The van der Waals surface area contributed by atoms with E-state index in [9.17, 15) is 29.8 Å². The normalized spacial score (nSPS) is 9.77. The van der Waals surface area contributed by atoms with Crippen LogP contribution >= 0.6 is 11.6 Å². The maximum absolute atomic E-state index is 11.7. The van der Waals surface area contributed by atoms with Gasteiger partial charge in [-0.05, 0) is 48.4 Å². The molecule has 3 aromatic rings. The molecular weight excluding hydrogens is 484 g/mol. The zero-order chi connectivity index (χ0) is 25.8. The van der Waals surface area contributed by atoms with Crippen LogP contribution in [0.1, 0.15) is 12.0 Å². The van der Waals surface area contributed by atoms with E-state index in [0.717, 1.165) is 11.3 Å². The Morgan fingerprint density at radius 3 is 1.57 bits per heavy atom. The zero-order valence-electron chi connectivity index (χ0n) is 18.3. The topological polar surface area (TPSA) is 148 Å². The molecule has 0 amide bonds. The Kier molecular flexibility index (Phi) is 10.1. The monoisotopic (exact) mass is 502 g/mol. The molecule has 0 saturated carbocycles. The summed E-state index contributed by atoms with van der Waals surface area (Å²) in [5, 5.41) is 20.7. The van der Waals surface area contributed by atoms with E-state index in [1.165, 1.54) is 48.5 Å². The quantitative estimate of drug-likeness (QED) is 0.128. The van der Waals surface area contributed by atoms with Gasteiger partial charge in [-0.25, -0.2) is 4.79 Å². The summed E-state index contributed by atoms with van der Waals surface area (Å²) < 4.78 is 14.6. The van der Waals surface area contributed by atoms with Crippen LogP contribution in [0.3, 0.4) is 0 Å². The van der Waals surface area contributed by atoms with Crippen LogP contribution in [0, 0.1) is 20.2 Å². The van der Waals surface area contributed by atoms with E-state index in [2.05, 4.69) is 4.74 Å². The molecule has 0 fully saturated rings. The lowest BCUT2D eigenvalue weighted by Crippen LogP contribution is -2.09. The van der Waals surface area contributed by atoms with Crippen molar-refractivity contribution in [1.82, 2.24) is 0 Å². The summed E-state index contributed by atoms with van der Waals surface area (Å²) in [7, 11) is 1.59. The van der Waals surface area contributed by atoms with E-state index in [-0.39, 0.29) is 29.5 Å². The molecule has 35 heavy (non-hydrogen) atoms. The minimum Gasteiger partial charge on any atom is -0.497 e. The Bertz CT molecular complexity index is 1170. The van der Waals surface area contributed by atoms with Gasteiger partial charge in [0.05, 0.1) is 17.0 Å². The third-order valence-corrected chi connectivity index (χ3v) is 4.38. The highest BCUT2D eigenvalue weighted by Gasteiger charge is 2.09. The number of hydrogen-bond acceptors (Lipinski definition) is 9. The molecular formula is C23H19ClN2O9. The van der Waals surface area contributed by atoms with E-state index in [0.29, 0.717) is 12.2 Å². The van der Waals surface area contributed by atoms with Gasteiger partial charge in [-0.1, -0.05) is 12.1 Å². The maximum atomic E-state index is 11.7. The summed E-state index contributed by atoms with van der Waals surface area (Å²) >= 11 is 4.92. The Morgan fingerprint density at radius 2 is 1.17 bits per heavy atom. The molecule has 0 saturated heterocycles. The maximum Gasteiger partial charge on any atom is 0.409 e. The second-order valence-corrected chi connectivity index (χ2v) is 6.97. The number of carbonyl (C=O) groups is 2. The molecule has 3 aromatic carbocycles. The molecule has 0 aromatic heterocycles. The highest BCUT2D eigenvalue weighted by molar-refractivity contribution is 6.61. The van der Waals surface area contributed by atoms with Gasteiger partial charge in [0.1, 0.15) is 17.2 Å². The predicted molar refractivity (Wildman–Crippen MR) is 125 cm³/mol. The number of carbonyl (C=O) groups excluding carboxylic acids is 2. The Morgan fingerprint density at radius 1 is 0.743 bits per heavy atom. The smallest absolute Gasteiger partial charge is 0.409 e. The standard InChI is InChI=1S/C16H15NO5.C7H4ClNO4/c1-21-14-7-2-12(3-8-14)4-11-16(18)22-15-9-5-13(6-10-15)17(19)20;8-7(10)13-6-3-1-5(2-4-6)9(11)12/h2-3,5-10H,4,11H2,1H3;1-4H. The van der Waals surface area contributed by atoms with Gasteiger partial charge in [-0.3, -0.25) is 25.0 Å². The van der Waals surface area contributed by atoms with Gasteiger partial charge < -0.3 is 14.2 Å². The van der Waals surface area contributed by atoms with Crippen LogP contribution in [0.4, 0.5) is 16.2 Å². The van der Waals surface area contributed by atoms with Crippen molar-refractivity contribution in [1.29, 1.82) is 0 Å². The van der Waals surface area contributed by atoms with Crippen LogP contribution in [0.5, 0.6) is 17.2 Å². The highest BCUT2D eigenvalue weighted by Crippen LogP contribution is 2.19. The van der Waals surface area contributed by atoms with Crippen molar-refractivity contribution in [2.75, 3.05) is 7.11 Å². The fourth-order valence-corrected chi connectivity index (χ4v) is 2.67. The molecule has 11 nitrogen and oxygen atoms in total. The summed E-state index contributed by atoms with van der Waals surface area (Å²) in [6.45, 7) is 0. The predicted octanol–water partition coefficient (Wildman–Crippen LogP) is 5.47. The molecule has 0 radical (unpaired) electrons. The Balaban J connectivity index is 0.000000283. The summed E-state index contributed by atoms with van der Waals surface area (Å²) in [5.41, 5.74) is -0.0947. The van der Waals surface area contributed by atoms with E-state index in [1.807, 2.05) is 24.3 Å². The average Bonchev–Trinajstić information content (AvgIpc) is 2.84. The van der Waals surface area contributed by atoms with E-state index in [1.54, 1.807) is 7.11 Å². The van der Waals surface area contributed by atoms with Crippen molar-refractivity contribution in [3.05, 3.63) is 98.6 Å². The van der Waals surface area contributed by atoms with Crippen LogP contribution in [-0.2, 0) is 11.2 Å². The lowest BCUT2D eigenvalue weighted by molar-refractivity contribution is -0.385. The van der Waals surface area contributed by atoms with Crippen molar-refractivity contribution in [3.63, 3.8) is 0 Å². The van der Waals surface area contributed by atoms with Crippen molar-refractivity contribution in [2.24, 2.45) is 0 Å². The van der Waals surface area contributed by atoms with E-state index in [4.69, 9.17) is 21.1 Å². The molecule has 0 aliphatic carbocycles. The number of benzene rings is 3. The highest BCUT2D eigenvalue weighted by atomic mass is 35.5. The number of halogens is 1. The number of aryl methyl sites for hydroxylation is 1. The molecule has 0 aliphatic rings. The van der Waals surface area contributed by atoms with Crippen molar-refractivity contribution < 1.29 is 33.6 Å². The van der Waals surface area contributed by atoms with Crippen LogP contribution < -0.4 is 14.2 Å². The van der Waals surface area contributed by atoms with Crippen molar-refractivity contribution >= 4 is 34.4 Å². The number of non-ortho nitro benzene ring substituents is 2.